The summed E-state index contributed by atoms with van der Waals surface area (Å²) in [6.07, 6.45) is -4.79. The summed E-state index contributed by atoms with van der Waals surface area (Å²) in [4.78, 5) is 11.3. The zero-order valence-electron chi connectivity index (χ0n) is 8.86. The van der Waals surface area contributed by atoms with Crippen molar-refractivity contribution in [3.63, 3.8) is 0 Å². The van der Waals surface area contributed by atoms with E-state index in [0.717, 1.165) is 17.4 Å². The Hall–Kier alpha value is -1.14. The highest BCUT2D eigenvalue weighted by Crippen LogP contribution is 2.40. The van der Waals surface area contributed by atoms with Crippen LogP contribution in [0.1, 0.15) is 22.2 Å². The van der Waals surface area contributed by atoms with Gasteiger partial charge in [0.25, 0.3) is 0 Å². The molecule has 18 heavy (non-hydrogen) atoms. The Bertz CT molecular complexity index is 645. The van der Waals surface area contributed by atoms with E-state index in [1.807, 2.05) is 0 Å². The predicted octanol–water partition coefficient (Wildman–Crippen LogP) is 4.92. The molecule has 1 aromatic heterocycles. The molecule has 0 radical (unpaired) electrons. The van der Waals surface area contributed by atoms with E-state index in [0.29, 0.717) is 6.07 Å². The molecule has 1 heterocycles. The van der Waals surface area contributed by atoms with Crippen LogP contribution in [0.25, 0.3) is 10.1 Å². The third kappa shape index (κ3) is 2.10. The minimum Gasteiger partial charge on any atom is -0.294 e. The van der Waals surface area contributed by atoms with Crippen molar-refractivity contribution in [3.8, 4) is 0 Å². The van der Waals surface area contributed by atoms with Crippen LogP contribution in [-0.4, -0.2) is 5.78 Å². The van der Waals surface area contributed by atoms with E-state index in [9.17, 15) is 22.4 Å². The van der Waals surface area contributed by atoms with Crippen molar-refractivity contribution in [1.82, 2.24) is 0 Å². The number of carbonyl (C=O) groups is 1. The number of thiophene rings is 1. The first-order chi connectivity index (χ1) is 8.21. The minimum absolute atomic E-state index is 0.0422. The van der Waals surface area contributed by atoms with Gasteiger partial charge in [0, 0.05) is 17.0 Å². The van der Waals surface area contributed by atoms with E-state index in [1.165, 1.54) is 6.92 Å². The van der Waals surface area contributed by atoms with Crippen LogP contribution in [-0.2, 0) is 6.18 Å². The first kappa shape index (κ1) is 13.3. The summed E-state index contributed by atoms with van der Waals surface area (Å²) in [5.74, 6) is -1.74. The number of hydrogen-bond donors (Lipinski definition) is 0. The number of rotatable bonds is 1. The van der Waals surface area contributed by atoms with Crippen LogP contribution in [0.2, 0.25) is 5.02 Å². The second-order valence-corrected chi connectivity index (χ2v) is 5.06. The average molecular weight is 297 g/mol. The van der Waals surface area contributed by atoms with Gasteiger partial charge < -0.3 is 0 Å². The number of hydrogen-bond acceptors (Lipinski definition) is 2. The summed E-state index contributed by atoms with van der Waals surface area (Å²) >= 11 is 6.70. The van der Waals surface area contributed by atoms with Crippen molar-refractivity contribution < 1.29 is 22.4 Å². The SMILES string of the molecule is CC(=O)c1sc2cc(F)c(C(F)(F)F)cc2c1Cl. The summed E-state index contributed by atoms with van der Waals surface area (Å²) in [7, 11) is 0. The maximum Gasteiger partial charge on any atom is 0.419 e. The lowest BCUT2D eigenvalue weighted by molar-refractivity contribution is -0.139. The van der Waals surface area contributed by atoms with Crippen molar-refractivity contribution in [2.75, 3.05) is 0 Å². The fourth-order valence-corrected chi connectivity index (χ4v) is 2.99. The van der Waals surface area contributed by atoms with Crippen molar-refractivity contribution in [2.45, 2.75) is 13.1 Å². The molecule has 0 fully saturated rings. The van der Waals surface area contributed by atoms with Gasteiger partial charge in [-0.25, -0.2) is 4.39 Å². The quantitative estimate of drug-likeness (QED) is 0.539. The van der Waals surface area contributed by atoms with E-state index in [-0.39, 0.29) is 25.8 Å². The first-order valence-electron chi connectivity index (χ1n) is 4.71. The van der Waals surface area contributed by atoms with Gasteiger partial charge in [-0.1, -0.05) is 11.6 Å². The monoisotopic (exact) mass is 296 g/mol. The highest BCUT2D eigenvalue weighted by molar-refractivity contribution is 7.21. The Morgan fingerprint density at radius 1 is 1.33 bits per heavy atom. The molecule has 2 aromatic rings. The number of halogens is 5. The van der Waals surface area contributed by atoms with Crippen molar-refractivity contribution in [1.29, 1.82) is 0 Å². The Labute approximate surface area is 108 Å². The van der Waals surface area contributed by atoms with E-state index >= 15 is 0 Å². The van der Waals surface area contributed by atoms with Crippen LogP contribution in [0.4, 0.5) is 17.6 Å². The summed E-state index contributed by atoms with van der Waals surface area (Å²) < 4.78 is 51.1. The first-order valence-corrected chi connectivity index (χ1v) is 5.91. The fraction of sp³-hybridized carbons (Fsp3) is 0.182. The average Bonchev–Trinajstić information content (AvgIpc) is 2.53. The predicted molar refractivity (Wildman–Crippen MR) is 61.8 cm³/mol. The molecule has 0 atom stereocenters. The van der Waals surface area contributed by atoms with Gasteiger partial charge in [-0.15, -0.1) is 11.3 Å². The highest BCUT2D eigenvalue weighted by Gasteiger charge is 2.35. The Balaban J connectivity index is 2.79. The normalized spacial score (nSPS) is 12.1. The molecule has 0 bridgehead atoms. The topological polar surface area (TPSA) is 17.1 Å². The van der Waals surface area contributed by atoms with Crippen LogP contribution in [0, 0.1) is 5.82 Å². The molecule has 2 rings (SSSR count). The number of benzene rings is 1. The van der Waals surface area contributed by atoms with Crippen LogP contribution < -0.4 is 0 Å². The molecule has 0 unspecified atom stereocenters. The molecular weight excluding hydrogens is 292 g/mol. The van der Waals surface area contributed by atoms with Gasteiger partial charge in [-0.3, -0.25) is 4.79 Å². The maximum absolute atomic E-state index is 13.3. The van der Waals surface area contributed by atoms with Gasteiger partial charge in [0.2, 0.25) is 0 Å². The molecule has 0 aliphatic rings. The molecule has 0 saturated carbocycles. The highest BCUT2D eigenvalue weighted by atomic mass is 35.5. The van der Waals surface area contributed by atoms with Gasteiger partial charge in [-0.05, 0) is 12.1 Å². The van der Waals surface area contributed by atoms with Gasteiger partial charge in [-0.2, -0.15) is 13.2 Å². The smallest absolute Gasteiger partial charge is 0.294 e. The number of fused-ring (bicyclic) bond motifs is 1. The largest absolute Gasteiger partial charge is 0.419 e. The summed E-state index contributed by atoms with van der Waals surface area (Å²) in [6, 6.07) is 1.39. The molecule has 1 nitrogen and oxygen atoms in total. The minimum atomic E-state index is -4.79. The third-order valence-electron chi connectivity index (χ3n) is 2.34. The Morgan fingerprint density at radius 3 is 2.44 bits per heavy atom. The number of ketones is 1. The van der Waals surface area contributed by atoms with Crippen molar-refractivity contribution >= 4 is 38.8 Å². The summed E-state index contributed by atoms with van der Waals surface area (Å²) in [5, 5.41) is -0.0198. The van der Waals surface area contributed by atoms with Crippen molar-refractivity contribution in [2.24, 2.45) is 0 Å². The Kier molecular flexibility index (Phi) is 3.11. The number of Topliss-reactive ketones (excluding diaryl/α,β-unsaturated/α-hetero) is 1. The van der Waals surface area contributed by atoms with Crippen LogP contribution in [0.3, 0.4) is 0 Å². The van der Waals surface area contributed by atoms with Gasteiger partial charge in [0.15, 0.2) is 5.78 Å². The lowest BCUT2D eigenvalue weighted by Gasteiger charge is -2.07. The van der Waals surface area contributed by atoms with Crippen LogP contribution in [0.5, 0.6) is 0 Å². The molecule has 1 aromatic carbocycles. The Morgan fingerprint density at radius 2 is 1.94 bits per heavy atom. The molecule has 96 valence electrons. The molecule has 0 N–H and O–H groups in total. The van der Waals surface area contributed by atoms with Gasteiger partial charge in [0.05, 0.1) is 15.5 Å². The standard InChI is InChI=1S/C11H5ClF4OS/c1-4(17)10-9(12)5-2-6(11(14,15)16)7(13)3-8(5)18-10/h2-3H,1H3. The second kappa shape index (κ2) is 4.20. The van der Waals surface area contributed by atoms with Gasteiger partial charge in [0.1, 0.15) is 5.82 Å². The fourth-order valence-electron chi connectivity index (χ4n) is 1.53. The lowest BCUT2D eigenvalue weighted by Crippen LogP contribution is -2.07. The maximum atomic E-state index is 13.3. The molecule has 0 saturated heterocycles. The molecular formula is C11H5ClF4OS. The second-order valence-electron chi connectivity index (χ2n) is 3.63. The van der Waals surface area contributed by atoms with Crippen LogP contribution in [0.15, 0.2) is 12.1 Å². The molecule has 7 heteroatoms. The number of carbonyl (C=O) groups excluding carboxylic acids is 1. The molecule has 0 amide bonds. The van der Waals surface area contributed by atoms with E-state index in [1.54, 1.807) is 0 Å². The summed E-state index contributed by atoms with van der Waals surface area (Å²) in [5.41, 5.74) is -1.38. The molecule has 0 aliphatic heterocycles. The summed E-state index contributed by atoms with van der Waals surface area (Å²) in [6.45, 7) is 1.25. The van der Waals surface area contributed by atoms with Crippen molar-refractivity contribution in [3.05, 3.63) is 33.4 Å². The van der Waals surface area contributed by atoms with E-state index in [4.69, 9.17) is 11.6 Å². The molecule has 0 aliphatic carbocycles. The zero-order valence-corrected chi connectivity index (χ0v) is 10.4. The lowest BCUT2D eigenvalue weighted by atomic mass is 10.1. The van der Waals surface area contributed by atoms with Gasteiger partial charge >= 0.3 is 6.18 Å². The van der Waals surface area contributed by atoms with E-state index in [2.05, 4.69) is 0 Å². The molecule has 0 spiro atoms. The zero-order chi connectivity index (χ0) is 13.7. The van der Waals surface area contributed by atoms with E-state index < -0.39 is 17.6 Å². The number of alkyl halides is 3. The van der Waals surface area contributed by atoms with Crippen LogP contribution >= 0.6 is 22.9 Å². The third-order valence-corrected chi connectivity index (χ3v) is 4.10.